The van der Waals surface area contributed by atoms with Gasteiger partial charge in [0.15, 0.2) is 8.32 Å². The summed E-state index contributed by atoms with van der Waals surface area (Å²) in [6.45, 7) is 12.5. The lowest BCUT2D eigenvalue weighted by molar-refractivity contribution is 0.100. The number of benzene rings is 1. The first-order valence-corrected chi connectivity index (χ1v) is 13.0. The summed E-state index contributed by atoms with van der Waals surface area (Å²) in [5.74, 6) is -0.454. The van der Waals surface area contributed by atoms with E-state index in [0.29, 0.717) is 18.7 Å². The number of primary amides is 1. The maximum Gasteiger partial charge on any atom is 0.250 e. The van der Waals surface area contributed by atoms with E-state index >= 15 is 0 Å². The largest absolute Gasteiger partial charge is 0.415 e. The Morgan fingerprint density at radius 1 is 1.36 bits per heavy atom. The lowest BCUT2D eigenvalue weighted by atomic mass is 10.1. The van der Waals surface area contributed by atoms with Crippen LogP contribution in [0.4, 0.5) is 0 Å². The number of H-pyrrole nitrogens is 1. The number of nitrogens with two attached hydrogens (primary N) is 1. The van der Waals surface area contributed by atoms with Crippen molar-refractivity contribution >= 4 is 41.1 Å². The van der Waals surface area contributed by atoms with Crippen LogP contribution >= 0.6 is 15.9 Å². The Bertz CT molecular complexity index is 1020. The van der Waals surface area contributed by atoms with E-state index in [9.17, 15) is 4.79 Å². The minimum Gasteiger partial charge on any atom is -0.415 e. The van der Waals surface area contributed by atoms with Crippen molar-refractivity contribution in [2.45, 2.75) is 45.4 Å². The Morgan fingerprint density at radius 2 is 2.07 bits per heavy atom. The van der Waals surface area contributed by atoms with Crippen LogP contribution in [0.25, 0.3) is 22.2 Å². The number of aromatic amines is 1. The summed E-state index contributed by atoms with van der Waals surface area (Å²) in [7, 11) is -1.76. The first kappa shape index (κ1) is 20.8. The van der Waals surface area contributed by atoms with E-state index in [1.807, 2.05) is 29.2 Å². The fourth-order valence-electron chi connectivity index (χ4n) is 2.78. The maximum atomic E-state index is 11.7. The van der Waals surface area contributed by atoms with E-state index in [2.05, 4.69) is 59.9 Å². The highest BCUT2D eigenvalue weighted by Crippen LogP contribution is 2.36. The number of carbonyl (C=O) groups excluding carboxylic acids is 1. The van der Waals surface area contributed by atoms with Crippen molar-refractivity contribution < 1.29 is 9.22 Å². The topological polar surface area (TPSA) is 85.9 Å². The average molecular weight is 463 g/mol. The number of nitrogens with one attached hydrogen (secondary N) is 1. The molecule has 0 radical (unpaired) electrons. The lowest BCUT2D eigenvalue weighted by Crippen LogP contribution is -2.41. The highest BCUT2D eigenvalue weighted by molar-refractivity contribution is 9.10. The number of halogens is 1. The van der Waals surface area contributed by atoms with Crippen molar-refractivity contribution in [3.63, 3.8) is 0 Å². The van der Waals surface area contributed by atoms with E-state index in [4.69, 9.17) is 10.2 Å². The molecular formula is C20H27BrN4O2Si. The maximum absolute atomic E-state index is 11.7. The normalized spacial score (nSPS) is 12.6. The highest BCUT2D eigenvalue weighted by Gasteiger charge is 2.36. The zero-order valence-electron chi connectivity index (χ0n) is 17.0. The van der Waals surface area contributed by atoms with E-state index < -0.39 is 14.2 Å². The molecule has 0 bridgehead atoms. The molecule has 0 fully saturated rings. The summed E-state index contributed by atoms with van der Waals surface area (Å²) in [6, 6.07) is 5.55. The molecule has 6 nitrogen and oxygen atoms in total. The first-order chi connectivity index (χ1) is 13.0. The van der Waals surface area contributed by atoms with E-state index in [0.717, 1.165) is 26.6 Å². The predicted molar refractivity (Wildman–Crippen MR) is 119 cm³/mol. The Labute approximate surface area is 174 Å². The molecule has 3 aromatic rings. The molecule has 0 atom stereocenters. The van der Waals surface area contributed by atoms with Crippen LogP contribution in [0, 0.1) is 0 Å². The first-order valence-electron chi connectivity index (χ1n) is 9.27. The molecule has 2 aromatic heterocycles. The number of hydrogen-bond acceptors (Lipinski definition) is 3. The van der Waals surface area contributed by atoms with Crippen molar-refractivity contribution in [1.82, 2.24) is 14.8 Å². The van der Waals surface area contributed by atoms with Gasteiger partial charge in [-0.2, -0.15) is 5.10 Å². The van der Waals surface area contributed by atoms with Crippen LogP contribution in [0.2, 0.25) is 18.1 Å². The third-order valence-corrected chi connectivity index (χ3v) is 10.8. The summed E-state index contributed by atoms with van der Waals surface area (Å²) < 4.78 is 9.03. The third kappa shape index (κ3) is 4.08. The van der Waals surface area contributed by atoms with E-state index in [1.165, 1.54) is 0 Å². The van der Waals surface area contributed by atoms with E-state index in [1.54, 1.807) is 6.07 Å². The minimum atomic E-state index is -1.76. The fraction of sp³-hybridized carbons (Fsp3) is 0.400. The SMILES string of the molecule is CC(C)(C)[Si](C)(C)OCCn1cc(-c2cc3c(Br)ccc(C(N)=O)c3[nH]2)cn1. The number of rotatable bonds is 6. The van der Waals surface area contributed by atoms with Crippen molar-refractivity contribution in [3.05, 3.63) is 40.6 Å². The second-order valence-electron chi connectivity index (χ2n) is 8.53. The standard InChI is InChI=1S/C20H27BrN4O2Si/c1-20(2,3)28(4,5)27-9-8-25-12-13(11-23-25)17-10-15-16(21)7-6-14(19(22)26)18(15)24-17/h6-7,10-12,24H,8-9H2,1-5H3,(H2,22,26). The van der Waals surface area contributed by atoms with Crippen LogP contribution in [0.3, 0.4) is 0 Å². The van der Waals surface area contributed by atoms with Gasteiger partial charge in [-0.05, 0) is 36.3 Å². The highest BCUT2D eigenvalue weighted by atomic mass is 79.9. The van der Waals surface area contributed by atoms with Crippen molar-refractivity contribution in [1.29, 1.82) is 0 Å². The number of amides is 1. The zero-order chi connectivity index (χ0) is 20.7. The van der Waals surface area contributed by atoms with Crippen LogP contribution in [0.1, 0.15) is 31.1 Å². The molecule has 8 heteroatoms. The Morgan fingerprint density at radius 3 is 2.71 bits per heavy atom. The summed E-state index contributed by atoms with van der Waals surface area (Å²) >= 11 is 3.53. The van der Waals surface area contributed by atoms with Gasteiger partial charge in [-0.25, -0.2) is 0 Å². The minimum absolute atomic E-state index is 0.193. The Balaban J connectivity index is 1.78. The second kappa shape index (κ2) is 7.49. The smallest absolute Gasteiger partial charge is 0.250 e. The number of aromatic nitrogens is 3. The van der Waals surface area contributed by atoms with Gasteiger partial charge < -0.3 is 15.1 Å². The van der Waals surface area contributed by atoms with Gasteiger partial charge in [-0.3, -0.25) is 9.48 Å². The van der Waals surface area contributed by atoms with Crippen LogP contribution in [0.5, 0.6) is 0 Å². The molecule has 0 aliphatic rings. The summed E-state index contributed by atoms with van der Waals surface area (Å²) in [5.41, 5.74) is 8.54. The van der Waals surface area contributed by atoms with Gasteiger partial charge in [0, 0.05) is 27.3 Å². The van der Waals surface area contributed by atoms with Gasteiger partial charge in [0.05, 0.1) is 30.4 Å². The number of nitrogens with zero attached hydrogens (tertiary/aromatic N) is 2. The molecule has 3 rings (SSSR count). The number of hydrogen-bond donors (Lipinski definition) is 2. The Kier molecular flexibility index (Phi) is 5.57. The molecule has 0 aliphatic heterocycles. The molecule has 0 saturated heterocycles. The molecule has 150 valence electrons. The molecule has 1 amide bonds. The lowest BCUT2D eigenvalue weighted by Gasteiger charge is -2.36. The predicted octanol–water partition coefficient (Wildman–Crippen LogP) is 4.91. The molecule has 1 aromatic carbocycles. The molecule has 3 N–H and O–H groups in total. The molecular weight excluding hydrogens is 436 g/mol. The fourth-order valence-corrected chi connectivity index (χ4v) is 4.26. The molecule has 0 spiro atoms. The summed E-state index contributed by atoms with van der Waals surface area (Å²) in [6.07, 6.45) is 3.80. The quantitative estimate of drug-likeness (QED) is 0.509. The van der Waals surface area contributed by atoms with Gasteiger partial charge in [-0.15, -0.1) is 0 Å². The van der Waals surface area contributed by atoms with E-state index in [-0.39, 0.29) is 5.04 Å². The van der Waals surface area contributed by atoms with Gasteiger partial charge in [0.2, 0.25) is 0 Å². The average Bonchev–Trinajstić information content (AvgIpc) is 3.20. The molecule has 28 heavy (non-hydrogen) atoms. The number of fused-ring (bicyclic) bond motifs is 1. The van der Waals surface area contributed by atoms with Crippen molar-refractivity contribution in [3.8, 4) is 11.3 Å². The van der Waals surface area contributed by atoms with Gasteiger partial charge in [0.1, 0.15) is 0 Å². The molecule has 0 unspecified atom stereocenters. The van der Waals surface area contributed by atoms with Crippen LogP contribution in [-0.4, -0.2) is 35.6 Å². The zero-order valence-corrected chi connectivity index (χ0v) is 19.6. The van der Waals surface area contributed by atoms with Crippen molar-refractivity contribution in [2.24, 2.45) is 5.73 Å². The van der Waals surface area contributed by atoms with Crippen LogP contribution in [0.15, 0.2) is 35.1 Å². The van der Waals surface area contributed by atoms with Crippen LogP contribution in [-0.2, 0) is 11.0 Å². The Hall–Kier alpha value is -1.90. The molecule has 0 saturated carbocycles. The summed E-state index contributed by atoms with van der Waals surface area (Å²) in [5, 5.41) is 5.56. The summed E-state index contributed by atoms with van der Waals surface area (Å²) in [4.78, 5) is 15.0. The monoisotopic (exact) mass is 462 g/mol. The van der Waals surface area contributed by atoms with Gasteiger partial charge in [-0.1, -0.05) is 36.7 Å². The van der Waals surface area contributed by atoms with Gasteiger partial charge >= 0.3 is 0 Å². The van der Waals surface area contributed by atoms with Crippen LogP contribution < -0.4 is 5.73 Å². The third-order valence-electron chi connectivity index (χ3n) is 5.54. The van der Waals surface area contributed by atoms with Crippen molar-refractivity contribution in [2.75, 3.05) is 6.61 Å². The molecule has 0 aliphatic carbocycles. The van der Waals surface area contributed by atoms with Gasteiger partial charge in [0.25, 0.3) is 5.91 Å². The number of carbonyl (C=O) groups is 1. The molecule has 2 heterocycles. The second-order valence-corrected chi connectivity index (χ2v) is 14.2.